The Morgan fingerprint density at radius 1 is 1.44 bits per heavy atom. The van der Waals surface area contributed by atoms with E-state index < -0.39 is 12.0 Å². The number of hydrogen-bond donors (Lipinski definition) is 1. The van der Waals surface area contributed by atoms with Gasteiger partial charge in [-0.3, -0.25) is 4.79 Å². The number of hydrogen-bond acceptors (Lipinski definition) is 3. The molecule has 0 bridgehead atoms. The van der Waals surface area contributed by atoms with Crippen LogP contribution in [0, 0.1) is 11.3 Å². The molecule has 0 saturated carbocycles. The number of rotatable bonds is 4. The van der Waals surface area contributed by atoms with Gasteiger partial charge in [-0.2, -0.15) is 0 Å². The van der Waals surface area contributed by atoms with E-state index in [0.717, 1.165) is 12.8 Å². The summed E-state index contributed by atoms with van der Waals surface area (Å²) in [6, 6.07) is -0.597. The molecule has 1 N–H and O–H groups in total. The highest BCUT2D eigenvalue weighted by molar-refractivity contribution is 5.85. The first-order valence-corrected chi connectivity index (χ1v) is 6.38. The van der Waals surface area contributed by atoms with Crippen molar-refractivity contribution in [1.82, 2.24) is 5.32 Å². The molecule has 102 valence electrons. The molecule has 0 aromatic rings. The lowest BCUT2D eigenvalue weighted by Gasteiger charge is -2.29. The number of carbonyl (C=O) groups is 2. The molecule has 1 amide bonds. The second kappa shape index (κ2) is 6.03. The average molecular weight is 253 g/mol. The third-order valence-electron chi connectivity index (χ3n) is 3.17. The fourth-order valence-corrected chi connectivity index (χ4v) is 2.07. The van der Waals surface area contributed by atoms with E-state index in [0.29, 0.717) is 12.3 Å². The topological polar surface area (TPSA) is 55.4 Å². The van der Waals surface area contributed by atoms with Crippen LogP contribution in [0.2, 0.25) is 0 Å². The predicted octanol–water partition coefficient (Wildman–Crippen LogP) is 2.05. The summed E-state index contributed by atoms with van der Waals surface area (Å²) in [4.78, 5) is 23.6. The largest absolute Gasteiger partial charge is 0.467 e. The van der Waals surface area contributed by atoms with E-state index >= 15 is 0 Å². The molecule has 0 heterocycles. The zero-order valence-electron chi connectivity index (χ0n) is 11.7. The van der Waals surface area contributed by atoms with Crippen molar-refractivity contribution in [1.29, 1.82) is 0 Å². The fourth-order valence-electron chi connectivity index (χ4n) is 2.07. The molecule has 2 atom stereocenters. The number of carbonyl (C=O) groups excluding carboxylic acids is 2. The number of methoxy groups -OCH3 is 1. The molecule has 1 aliphatic carbocycles. The Morgan fingerprint density at radius 3 is 2.56 bits per heavy atom. The number of nitrogens with one attached hydrogen (secondary N) is 1. The van der Waals surface area contributed by atoms with Crippen LogP contribution in [-0.4, -0.2) is 25.0 Å². The van der Waals surface area contributed by atoms with Crippen LogP contribution in [0.5, 0.6) is 0 Å². The van der Waals surface area contributed by atoms with Gasteiger partial charge in [0.1, 0.15) is 6.04 Å². The molecule has 18 heavy (non-hydrogen) atoms. The molecule has 4 heteroatoms. The van der Waals surface area contributed by atoms with Crippen LogP contribution in [-0.2, 0) is 14.3 Å². The fraction of sp³-hybridized carbons (Fsp3) is 0.714. The van der Waals surface area contributed by atoms with E-state index in [-0.39, 0.29) is 11.3 Å². The summed E-state index contributed by atoms with van der Waals surface area (Å²) in [5.74, 6) is -0.169. The van der Waals surface area contributed by atoms with Crippen molar-refractivity contribution in [3.63, 3.8) is 0 Å². The third kappa shape index (κ3) is 4.17. The lowest BCUT2D eigenvalue weighted by molar-refractivity contribution is -0.148. The van der Waals surface area contributed by atoms with Gasteiger partial charge in [0.25, 0.3) is 0 Å². The molecular formula is C14H23NO3. The SMILES string of the molecule is COC(=O)[C@@H](NC(=O)C[C@H]1C=CCC1)C(C)(C)C. The third-order valence-corrected chi connectivity index (χ3v) is 3.17. The van der Waals surface area contributed by atoms with Gasteiger partial charge in [-0.15, -0.1) is 0 Å². The van der Waals surface area contributed by atoms with Crippen LogP contribution in [0.3, 0.4) is 0 Å². The number of allylic oxidation sites excluding steroid dienone is 2. The first kappa shape index (κ1) is 14.7. The van der Waals surface area contributed by atoms with E-state index in [1.807, 2.05) is 20.8 Å². The van der Waals surface area contributed by atoms with Crippen LogP contribution in [0.1, 0.15) is 40.0 Å². The number of esters is 1. The molecule has 0 unspecified atom stereocenters. The molecule has 4 nitrogen and oxygen atoms in total. The predicted molar refractivity (Wildman–Crippen MR) is 69.9 cm³/mol. The Labute approximate surface area is 109 Å². The van der Waals surface area contributed by atoms with Crippen LogP contribution < -0.4 is 5.32 Å². The van der Waals surface area contributed by atoms with Gasteiger partial charge in [0.15, 0.2) is 0 Å². The number of amides is 1. The lowest BCUT2D eigenvalue weighted by atomic mass is 9.86. The van der Waals surface area contributed by atoms with Gasteiger partial charge in [-0.25, -0.2) is 4.79 Å². The summed E-state index contributed by atoms with van der Waals surface area (Å²) in [6.45, 7) is 5.72. The van der Waals surface area contributed by atoms with Gasteiger partial charge in [-0.05, 0) is 24.2 Å². The lowest BCUT2D eigenvalue weighted by Crippen LogP contribution is -2.49. The second-order valence-corrected chi connectivity index (χ2v) is 5.86. The summed E-state index contributed by atoms with van der Waals surface area (Å²) in [7, 11) is 1.34. The minimum absolute atomic E-state index is 0.0862. The summed E-state index contributed by atoms with van der Waals surface area (Å²) in [6.07, 6.45) is 6.67. The Morgan fingerprint density at radius 2 is 2.11 bits per heavy atom. The van der Waals surface area contributed by atoms with Crippen molar-refractivity contribution in [2.45, 2.75) is 46.1 Å². The minimum atomic E-state index is -0.597. The van der Waals surface area contributed by atoms with E-state index in [9.17, 15) is 9.59 Å². The molecule has 0 aromatic heterocycles. The Bertz CT molecular complexity index is 341. The average Bonchev–Trinajstić information content (AvgIpc) is 2.76. The Kier molecular flexibility index (Phi) is 4.93. The molecule has 0 aromatic carbocycles. The molecule has 1 aliphatic rings. The van der Waals surface area contributed by atoms with Crippen LogP contribution in [0.25, 0.3) is 0 Å². The van der Waals surface area contributed by atoms with Crippen molar-refractivity contribution in [3.05, 3.63) is 12.2 Å². The summed E-state index contributed by atoms with van der Waals surface area (Å²) in [5.41, 5.74) is -0.353. The van der Waals surface area contributed by atoms with Crippen LogP contribution in [0.4, 0.5) is 0 Å². The zero-order valence-corrected chi connectivity index (χ0v) is 11.7. The van der Waals surface area contributed by atoms with Crippen molar-refractivity contribution < 1.29 is 14.3 Å². The van der Waals surface area contributed by atoms with Crippen molar-refractivity contribution in [2.75, 3.05) is 7.11 Å². The second-order valence-electron chi connectivity index (χ2n) is 5.86. The van der Waals surface area contributed by atoms with Crippen LogP contribution in [0.15, 0.2) is 12.2 Å². The molecular weight excluding hydrogens is 230 g/mol. The molecule has 0 saturated heterocycles. The van der Waals surface area contributed by atoms with Crippen molar-refractivity contribution in [3.8, 4) is 0 Å². The van der Waals surface area contributed by atoms with Crippen LogP contribution >= 0.6 is 0 Å². The molecule has 0 spiro atoms. The first-order chi connectivity index (χ1) is 8.34. The minimum Gasteiger partial charge on any atom is -0.467 e. The molecule has 0 aliphatic heterocycles. The van der Waals surface area contributed by atoms with Gasteiger partial charge < -0.3 is 10.1 Å². The van der Waals surface area contributed by atoms with E-state index in [1.54, 1.807) is 0 Å². The van der Waals surface area contributed by atoms with Gasteiger partial charge in [0.2, 0.25) is 5.91 Å². The maximum Gasteiger partial charge on any atom is 0.328 e. The molecule has 0 fully saturated rings. The monoisotopic (exact) mass is 253 g/mol. The van der Waals surface area contributed by atoms with Gasteiger partial charge in [-0.1, -0.05) is 32.9 Å². The van der Waals surface area contributed by atoms with Crippen molar-refractivity contribution >= 4 is 11.9 Å². The van der Waals surface area contributed by atoms with E-state index in [4.69, 9.17) is 4.74 Å². The van der Waals surface area contributed by atoms with Gasteiger partial charge >= 0.3 is 5.97 Å². The highest BCUT2D eigenvalue weighted by atomic mass is 16.5. The van der Waals surface area contributed by atoms with Gasteiger partial charge in [0.05, 0.1) is 7.11 Å². The number of ether oxygens (including phenoxy) is 1. The van der Waals surface area contributed by atoms with Crippen molar-refractivity contribution in [2.24, 2.45) is 11.3 Å². The maximum absolute atomic E-state index is 11.9. The Hall–Kier alpha value is -1.32. The zero-order chi connectivity index (χ0) is 13.8. The first-order valence-electron chi connectivity index (χ1n) is 6.38. The van der Waals surface area contributed by atoms with Gasteiger partial charge in [0, 0.05) is 6.42 Å². The highest BCUT2D eigenvalue weighted by Gasteiger charge is 2.33. The maximum atomic E-state index is 11.9. The molecule has 1 rings (SSSR count). The summed E-state index contributed by atoms with van der Waals surface area (Å²) < 4.78 is 4.74. The summed E-state index contributed by atoms with van der Waals surface area (Å²) >= 11 is 0. The quantitative estimate of drug-likeness (QED) is 0.616. The summed E-state index contributed by atoms with van der Waals surface area (Å²) in [5, 5.41) is 2.79. The smallest absolute Gasteiger partial charge is 0.328 e. The normalized spacial score (nSPS) is 20.6. The Balaban J connectivity index is 2.57. The van der Waals surface area contributed by atoms with E-state index in [2.05, 4.69) is 17.5 Å². The van der Waals surface area contributed by atoms with E-state index in [1.165, 1.54) is 7.11 Å². The molecule has 0 radical (unpaired) electrons. The highest BCUT2D eigenvalue weighted by Crippen LogP contribution is 2.23. The standard InChI is InChI=1S/C14H23NO3/c1-14(2,3)12(13(17)18-4)15-11(16)9-10-7-5-6-8-10/h5,7,10,12H,6,8-9H2,1-4H3,(H,15,16)/t10-,12+/m0/s1.